The SMILES string of the molecule is Cc1ccc(-c2cc(OCCCN)nc(-c3ccccn3)c2)cc1. The molecule has 0 aliphatic carbocycles. The van der Waals surface area contributed by atoms with Gasteiger partial charge in [-0.25, -0.2) is 4.98 Å². The minimum Gasteiger partial charge on any atom is -0.478 e. The molecule has 3 aromatic rings. The van der Waals surface area contributed by atoms with Gasteiger partial charge in [0.25, 0.3) is 0 Å². The normalized spacial score (nSPS) is 10.6. The van der Waals surface area contributed by atoms with E-state index in [1.807, 2.05) is 30.3 Å². The molecule has 3 rings (SSSR count). The number of aryl methyl sites for hydroxylation is 1. The number of hydrogen-bond acceptors (Lipinski definition) is 4. The van der Waals surface area contributed by atoms with Gasteiger partial charge in [0, 0.05) is 12.3 Å². The molecule has 2 aromatic heterocycles. The molecule has 0 spiro atoms. The highest BCUT2D eigenvalue weighted by molar-refractivity contribution is 5.70. The van der Waals surface area contributed by atoms with Crippen molar-refractivity contribution in [3.63, 3.8) is 0 Å². The van der Waals surface area contributed by atoms with Crippen LogP contribution in [0.25, 0.3) is 22.5 Å². The second-order valence-corrected chi connectivity index (χ2v) is 5.65. The molecule has 0 aliphatic heterocycles. The molecule has 0 aliphatic rings. The summed E-state index contributed by atoms with van der Waals surface area (Å²) in [5.41, 5.74) is 10.6. The average molecular weight is 319 g/mol. The first-order valence-electron chi connectivity index (χ1n) is 8.09. The van der Waals surface area contributed by atoms with Gasteiger partial charge in [-0.1, -0.05) is 35.9 Å². The van der Waals surface area contributed by atoms with E-state index in [0.717, 1.165) is 28.9 Å². The second-order valence-electron chi connectivity index (χ2n) is 5.65. The van der Waals surface area contributed by atoms with Crippen molar-refractivity contribution in [1.29, 1.82) is 0 Å². The lowest BCUT2D eigenvalue weighted by atomic mass is 10.0. The Labute approximate surface area is 142 Å². The van der Waals surface area contributed by atoms with Gasteiger partial charge < -0.3 is 10.5 Å². The number of rotatable bonds is 6. The van der Waals surface area contributed by atoms with Gasteiger partial charge in [0.05, 0.1) is 18.0 Å². The largest absolute Gasteiger partial charge is 0.478 e. The fraction of sp³-hybridized carbons (Fsp3) is 0.200. The van der Waals surface area contributed by atoms with Crippen LogP contribution >= 0.6 is 0 Å². The van der Waals surface area contributed by atoms with E-state index in [9.17, 15) is 0 Å². The number of ether oxygens (including phenoxy) is 1. The number of nitrogens with two attached hydrogens (primary N) is 1. The van der Waals surface area contributed by atoms with Crippen molar-refractivity contribution in [3.8, 4) is 28.4 Å². The standard InChI is InChI=1S/C20H21N3O/c1-15-6-8-16(9-7-15)17-13-19(18-5-2-3-11-22-18)23-20(14-17)24-12-4-10-21/h2-3,5-9,11,13-14H,4,10,12,21H2,1H3. The third-order valence-electron chi connectivity index (χ3n) is 3.71. The Morgan fingerprint density at radius 1 is 0.958 bits per heavy atom. The fourth-order valence-corrected chi connectivity index (χ4v) is 2.40. The highest BCUT2D eigenvalue weighted by Crippen LogP contribution is 2.28. The minimum absolute atomic E-state index is 0.558. The highest BCUT2D eigenvalue weighted by atomic mass is 16.5. The summed E-state index contributed by atoms with van der Waals surface area (Å²) >= 11 is 0. The Morgan fingerprint density at radius 2 is 1.79 bits per heavy atom. The van der Waals surface area contributed by atoms with Crippen LogP contribution < -0.4 is 10.5 Å². The lowest BCUT2D eigenvalue weighted by Crippen LogP contribution is -2.07. The first-order valence-corrected chi connectivity index (χ1v) is 8.09. The molecule has 122 valence electrons. The molecule has 0 bridgehead atoms. The van der Waals surface area contributed by atoms with Crippen molar-refractivity contribution in [1.82, 2.24) is 9.97 Å². The van der Waals surface area contributed by atoms with E-state index in [0.29, 0.717) is 19.0 Å². The van der Waals surface area contributed by atoms with Crippen LogP contribution in [0.2, 0.25) is 0 Å². The van der Waals surface area contributed by atoms with Crippen molar-refractivity contribution in [2.24, 2.45) is 5.73 Å². The molecule has 0 saturated heterocycles. The van der Waals surface area contributed by atoms with Gasteiger partial charge in [-0.15, -0.1) is 0 Å². The first kappa shape index (κ1) is 16.1. The van der Waals surface area contributed by atoms with Crippen molar-refractivity contribution < 1.29 is 4.74 Å². The molecule has 24 heavy (non-hydrogen) atoms. The van der Waals surface area contributed by atoms with Gasteiger partial charge in [-0.05, 0) is 49.2 Å². The molecule has 0 unspecified atom stereocenters. The van der Waals surface area contributed by atoms with E-state index in [1.54, 1.807) is 6.20 Å². The molecule has 2 heterocycles. The maximum absolute atomic E-state index is 5.78. The van der Waals surface area contributed by atoms with Crippen LogP contribution in [0, 0.1) is 6.92 Å². The summed E-state index contributed by atoms with van der Waals surface area (Å²) in [6.07, 6.45) is 2.57. The van der Waals surface area contributed by atoms with Crippen LogP contribution in [0.15, 0.2) is 60.8 Å². The minimum atomic E-state index is 0.558. The Balaban J connectivity index is 2.00. The second kappa shape index (κ2) is 7.70. The molecule has 4 nitrogen and oxygen atoms in total. The summed E-state index contributed by atoms with van der Waals surface area (Å²) in [6, 6.07) is 18.2. The summed E-state index contributed by atoms with van der Waals surface area (Å²) in [7, 11) is 0. The van der Waals surface area contributed by atoms with E-state index >= 15 is 0 Å². The van der Waals surface area contributed by atoms with Crippen LogP contribution in [-0.2, 0) is 0 Å². The molecule has 0 amide bonds. The number of nitrogens with zero attached hydrogens (tertiary/aromatic N) is 2. The van der Waals surface area contributed by atoms with Crippen LogP contribution in [-0.4, -0.2) is 23.1 Å². The predicted molar refractivity (Wildman–Crippen MR) is 96.8 cm³/mol. The average Bonchev–Trinajstić information content (AvgIpc) is 2.63. The molecular weight excluding hydrogens is 298 g/mol. The Kier molecular flexibility index (Phi) is 5.18. The van der Waals surface area contributed by atoms with Gasteiger partial charge in [0.1, 0.15) is 0 Å². The first-order chi connectivity index (χ1) is 11.8. The number of hydrogen-bond donors (Lipinski definition) is 1. The molecule has 4 heteroatoms. The summed E-state index contributed by atoms with van der Waals surface area (Å²) in [5, 5.41) is 0. The van der Waals surface area contributed by atoms with Crippen LogP contribution in [0.3, 0.4) is 0 Å². The third-order valence-corrected chi connectivity index (χ3v) is 3.71. The zero-order chi connectivity index (χ0) is 16.8. The van der Waals surface area contributed by atoms with Crippen LogP contribution in [0.1, 0.15) is 12.0 Å². The van der Waals surface area contributed by atoms with Crippen molar-refractivity contribution >= 4 is 0 Å². The smallest absolute Gasteiger partial charge is 0.214 e. The lowest BCUT2D eigenvalue weighted by molar-refractivity contribution is 0.302. The van der Waals surface area contributed by atoms with Crippen molar-refractivity contribution in [2.75, 3.05) is 13.2 Å². The van der Waals surface area contributed by atoms with E-state index in [1.165, 1.54) is 5.56 Å². The molecule has 0 saturated carbocycles. The van der Waals surface area contributed by atoms with Gasteiger partial charge in [-0.2, -0.15) is 0 Å². The molecular formula is C20H21N3O. The predicted octanol–water partition coefficient (Wildman–Crippen LogP) is 3.85. The van der Waals surface area contributed by atoms with E-state index < -0.39 is 0 Å². The van der Waals surface area contributed by atoms with Gasteiger partial charge in [0.2, 0.25) is 5.88 Å². The molecule has 0 atom stereocenters. The van der Waals surface area contributed by atoms with E-state index in [-0.39, 0.29) is 0 Å². The quantitative estimate of drug-likeness (QED) is 0.701. The maximum atomic E-state index is 5.78. The third kappa shape index (κ3) is 3.97. The molecule has 0 fully saturated rings. The van der Waals surface area contributed by atoms with Crippen molar-refractivity contribution in [2.45, 2.75) is 13.3 Å². The van der Waals surface area contributed by atoms with Crippen LogP contribution in [0.4, 0.5) is 0 Å². The van der Waals surface area contributed by atoms with Crippen LogP contribution in [0.5, 0.6) is 5.88 Å². The number of benzene rings is 1. The maximum Gasteiger partial charge on any atom is 0.214 e. The zero-order valence-electron chi connectivity index (χ0n) is 13.8. The van der Waals surface area contributed by atoms with Crippen molar-refractivity contribution in [3.05, 3.63) is 66.4 Å². The monoisotopic (exact) mass is 319 g/mol. The summed E-state index contributed by atoms with van der Waals surface area (Å²) in [4.78, 5) is 8.99. The lowest BCUT2D eigenvalue weighted by Gasteiger charge is -2.10. The van der Waals surface area contributed by atoms with E-state index in [2.05, 4.69) is 41.2 Å². The molecule has 2 N–H and O–H groups in total. The Morgan fingerprint density at radius 3 is 2.50 bits per heavy atom. The molecule has 0 radical (unpaired) electrons. The Bertz CT molecular complexity index is 786. The molecule has 1 aromatic carbocycles. The summed E-state index contributed by atoms with van der Waals surface area (Å²) in [6.45, 7) is 3.24. The zero-order valence-corrected chi connectivity index (χ0v) is 13.8. The van der Waals surface area contributed by atoms with Gasteiger partial charge in [0.15, 0.2) is 0 Å². The van der Waals surface area contributed by atoms with Gasteiger partial charge in [-0.3, -0.25) is 4.98 Å². The summed E-state index contributed by atoms with van der Waals surface area (Å²) < 4.78 is 5.78. The fourth-order valence-electron chi connectivity index (χ4n) is 2.40. The Hall–Kier alpha value is -2.72. The van der Waals surface area contributed by atoms with Gasteiger partial charge >= 0.3 is 0 Å². The van der Waals surface area contributed by atoms with E-state index in [4.69, 9.17) is 10.5 Å². The highest BCUT2D eigenvalue weighted by Gasteiger charge is 2.08. The topological polar surface area (TPSA) is 61.0 Å². The number of pyridine rings is 2. The number of aromatic nitrogens is 2. The summed E-state index contributed by atoms with van der Waals surface area (Å²) in [5.74, 6) is 0.599.